The average Bonchev–Trinajstić information content (AvgIpc) is 2.21. The zero-order valence-corrected chi connectivity index (χ0v) is 9.33. The van der Waals surface area contributed by atoms with Crippen molar-refractivity contribution in [3.05, 3.63) is 24.0 Å². The van der Waals surface area contributed by atoms with Gasteiger partial charge in [0.05, 0.1) is 5.84 Å². The molecule has 0 fully saturated rings. The maximum atomic E-state index is 7.22. The molecule has 3 N–H and O–H groups in total. The molecular formula is C11H18N4. The van der Waals surface area contributed by atoms with E-state index in [9.17, 15) is 0 Å². The van der Waals surface area contributed by atoms with Crippen molar-refractivity contribution >= 4 is 11.5 Å². The number of amidine groups is 1. The van der Waals surface area contributed by atoms with Gasteiger partial charge in [-0.1, -0.05) is 0 Å². The highest BCUT2D eigenvalue weighted by molar-refractivity contribution is 5.77. The second kappa shape index (κ2) is 5.34. The molecule has 0 atom stereocenters. The lowest BCUT2D eigenvalue weighted by Gasteiger charge is -2.24. The number of nitrogens with two attached hydrogens (primary N) is 1. The van der Waals surface area contributed by atoms with Crippen molar-refractivity contribution in [3.8, 4) is 0 Å². The van der Waals surface area contributed by atoms with Crippen molar-refractivity contribution in [1.29, 1.82) is 5.41 Å². The van der Waals surface area contributed by atoms with E-state index in [0.29, 0.717) is 6.42 Å². The quantitative estimate of drug-likeness (QED) is 0.567. The van der Waals surface area contributed by atoms with Crippen LogP contribution in [0.1, 0.15) is 18.9 Å². The zero-order chi connectivity index (χ0) is 11.3. The second-order valence-electron chi connectivity index (χ2n) is 3.52. The van der Waals surface area contributed by atoms with Crippen molar-refractivity contribution in [2.24, 2.45) is 5.73 Å². The van der Waals surface area contributed by atoms with Crippen LogP contribution in [-0.4, -0.2) is 23.9 Å². The van der Waals surface area contributed by atoms with Crippen molar-refractivity contribution in [3.63, 3.8) is 0 Å². The molecule has 0 bridgehead atoms. The molecule has 0 saturated heterocycles. The Balaban J connectivity index is 2.74. The van der Waals surface area contributed by atoms with Gasteiger partial charge in [0.15, 0.2) is 0 Å². The van der Waals surface area contributed by atoms with Crippen molar-refractivity contribution in [1.82, 2.24) is 4.98 Å². The van der Waals surface area contributed by atoms with E-state index in [0.717, 1.165) is 18.7 Å². The van der Waals surface area contributed by atoms with Crippen LogP contribution in [0, 0.1) is 12.3 Å². The van der Waals surface area contributed by atoms with Crippen LogP contribution in [0.15, 0.2) is 18.5 Å². The first-order chi connectivity index (χ1) is 7.15. The number of pyridine rings is 1. The normalized spacial score (nSPS) is 10.0. The lowest BCUT2D eigenvalue weighted by molar-refractivity contribution is 0.826. The summed E-state index contributed by atoms with van der Waals surface area (Å²) in [7, 11) is 0. The number of hydrogen-bond donors (Lipinski definition) is 2. The smallest absolute Gasteiger partial charge is 0.0923 e. The van der Waals surface area contributed by atoms with E-state index in [4.69, 9.17) is 11.1 Å². The first-order valence-corrected chi connectivity index (χ1v) is 5.13. The molecule has 0 aliphatic rings. The summed E-state index contributed by atoms with van der Waals surface area (Å²) in [6.07, 6.45) is 4.25. The highest BCUT2D eigenvalue weighted by atomic mass is 15.1. The molecule has 1 aromatic heterocycles. The third kappa shape index (κ3) is 3.23. The number of nitrogens with zero attached hydrogens (tertiary/aromatic N) is 2. The fourth-order valence-electron chi connectivity index (χ4n) is 1.53. The van der Waals surface area contributed by atoms with Crippen LogP contribution in [-0.2, 0) is 0 Å². The van der Waals surface area contributed by atoms with Gasteiger partial charge in [0, 0.05) is 37.6 Å². The van der Waals surface area contributed by atoms with E-state index in [1.54, 1.807) is 6.20 Å². The number of aromatic nitrogens is 1. The summed E-state index contributed by atoms with van der Waals surface area (Å²) in [4.78, 5) is 6.27. The van der Waals surface area contributed by atoms with Gasteiger partial charge >= 0.3 is 0 Å². The van der Waals surface area contributed by atoms with E-state index in [2.05, 4.69) is 16.8 Å². The summed E-state index contributed by atoms with van der Waals surface area (Å²) in [6.45, 7) is 5.84. The Morgan fingerprint density at radius 1 is 1.60 bits per heavy atom. The summed E-state index contributed by atoms with van der Waals surface area (Å²) in [5, 5.41) is 7.22. The molecule has 4 nitrogen and oxygen atoms in total. The fourth-order valence-corrected chi connectivity index (χ4v) is 1.53. The van der Waals surface area contributed by atoms with Gasteiger partial charge in [-0.2, -0.15) is 0 Å². The van der Waals surface area contributed by atoms with Gasteiger partial charge in [0.25, 0.3) is 0 Å². The third-order valence-electron chi connectivity index (χ3n) is 2.36. The molecule has 1 heterocycles. The predicted molar refractivity (Wildman–Crippen MR) is 63.4 cm³/mol. The van der Waals surface area contributed by atoms with Gasteiger partial charge in [0.1, 0.15) is 0 Å². The Bertz CT molecular complexity index is 335. The van der Waals surface area contributed by atoms with Gasteiger partial charge in [-0.25, -0.2) is 0 Å². The first-order valence-electron chi connectivity index (χ1n) is 5.13. The SMILES string of the molecule is CCN(CCC(=N)N)c1ccncc1C. The van der Waals surface area contributed by atoms with Gasteiger partial charge < -0.3 is 10.6 Å². The molecule has 82 valence electrons. The van der Waals surface area contributed by atoms with Crippen LogP contribution in [0.3, 0.4) is 0 Å². The van der Waals surface area contributed by atoms with E-state index in [1.165, 1.54) is 5.69 Å². The molecule has 0 radical (unpaired) electrons. The van der Waals surface area contributed by atoms with Crippen LogP contribution in [0.25, 0.3) is 0 Å². The molecular weight excluding hydrogens is 188 g/mol. The molecule has 0 aliphatic carbocycles. The number of rotatable bonds is 5. The minimum atomic E-state index is 0.236. The summed E-state index contributed by atoms with van der Waals surface area (Å²) >= 11 is 0. The predicted octanol–water partition coefficient (Wildman–Crippen LogP) is 1.54. The summed E-state index contributed by atoms with van der Waals surface area (Å²) in [5.41, 5.74) is 7.69. The van der Waals surface area contributed by atoms with E-state index >= 15 is 0 Å². The fraction of sp³-hybridized carbons (Fsp3) is 0.455. The maximum absolute atomic E-state index is 7.22. The van der Waals surface area contributed by atoms with Gasteiger partial charge in [0.2, 0.25) is 0 Å². The Hall–Kier alpha value is -1.58. The average molecular weight is 206 g/mol. The number of aryl methyl sites for hydroxylation is 1. The molecule has 0 unspecified atom stereocenters. The van der Waals surface area contributed by atoms with Crippen molar-refractivity contribution in [2.45, 2.75) is 20.3 Å². The zero-order valence-electron chi connectivity index (χ0n) is 9.33. The molecule has 0 aromatic carbocycles. The molecule has 4 heteroatoms. The number of nitrogens with one attached hydrogen (secondary N) is 1. The number of hydrogen-bond acceptors (Lipinski definition) is 3. The molecule has 1 rings (SSSR count). The highest BCUT2D eigenvalue weighted by Crippen LogP contribution is 2.17. The first kappa shape index (κ1) is 11.5. The Labute approximate surface area is 90.6 Å². The number of anilines is 1. The summed E-state index contributed by atoms with van der Waals surface area (Å²) < 4.78 is 0. The van der Waals surface area contributed by atoms with Gasteiger partial charge in [-0.05, 0) is 25.5 Å². The van der Waals surface area contributed by atoms with E-state index in [1.807, 2.05) is 19.2 Å². The van der Waals surface area contributed by atoms with Gasteiger partial charge in [-0.3, -0.25) is 10.4 Å². The molecule has 0 saturated carbocycles. The largest absolute Gasteiger partial charge is 0.388 e. The monoisotopic (exact) mass is 206 g/mol. The van der Waals surface area contributed by atoms with Crippen LogP contribution in [0.4, 0.5) is 5.69 Å². The highest BCUT2D eigenvalue weighted by Gasteiger charge is 2.06. The third-order valence-corrected chi connectivity index (χ3v) is 2.36. The van der Waals surface area contributed by atoms with Crippen LogP contribution in [0.5, 0.6) is 0 Å². The maximum Gasteiger partial charge on any atom is 0.0923 e. The van der Waals surface area contributed by atoms with Gasteiger partial charge in [-0.15, -0.1) is 0 Å². The molecule has 1 aromatic rings. The Morgan fingerprint density at radius 2 is 2.33 bits per heavy atom. The molecule has 0 spiro atoms. The van der Waals surface area contributed by atoms with Crippen molar-refractivity contribution in [2.75, 3.05) is 18.0 Å². The van der Waals surface area contributed by atoms with E-state index < -0.39 is 0 Å². The summed E-state index contributed by atoms with van der Waals surface area (Å²) in [5.74, 6) is 0.236. The molecule has 0 amide bonds. The van der Waals surface area contributed by atoms with Crippen molar-refractivity contribution < 1.29 is 0 Å². The van der Waals surface area contributed by atoms with E-state index in [-0.39, 0.29) is 5.84 Å². The lowest BCUT2D eigenvalue weighted by atomic mass is 10.2. The minimum Gasteiger partial charge on any atom is -0.388 e. The topological polar surface area (TPSA) is 66.0 Å². The summed E-state index contributed by atoms with van der Waals surface area (Å²) in [6, 6.07) is 2.00. The minimum absolute atomic E-state index is 0.236. The molecule has 0 aliphatic heterocycles. The second-order valence-corrected chi connectivity index (χ2v) is 3.52. The Kier molecular flexibility index (Phi) is 4.09. The van der Waals surface area contributed by atoms with Crippen LogP contribution >= 0.6 is 0 Å². The van der Waals surface area contributed by atoms with Crippen LogP contribution < -0.4 is 10.6 Å². The standard InChI is InChI=1S/C11H18N4/c1-3-15(7-5-11(12)13)10-4-6-14-8-9(10)2/h4,6,8H,3,5,7H2,1-2H3,(H3,12,13). The molecule has 15 heavy (non-hydrogen) atoms. The lowest BCUT2D eigenvalue weighted by Crippen LogP contribution is -2.28. The van der Waals surface area contributed by atoms with Crippen LogP contribution in [0.2, 0.25) is 0 Å². The Morgan fingerprint density at radius 3 is 2.87 bits per heavy atom.